The highest BCUT2D eigenvalue weighted by molar-refractivity contribution is 5.61. The topological polar surface area (TPSA) is 72.9 Å². The van der Waals surface area contributed by atoms with E-state index in [1.165, 1.54) is 5.69 Å². The molecule has 3 rings (SSSR count). The van der Waals surface area contributed by atoms with Crippen LogP contribution in [-0.2, 0) is 6.54 Å². The lowest BCUT2D eigenvalue weighted by Crippen LogP contribution is -2.10. The normalized spacial score (nSPS) is 11.1. The van der Waals surface area contributed by atoms with Gasteiger partial charge < -0.3 is 5.32 Å². The molecule has 104 valence electrons. The number of anilines is 1. The summed E-state index contributed by atoms with van der Waals surface area (Å²) in [6.45, 7) is 5.80. The fraction of sp³-hybridized carbons (Fsp3) is 0.385. The molecule has 0 aliphatic carbocycles. The highest BCUT2D eigenvalue weighted by atomic mass is 15.3. The maximum absolute atomic E-state index is 4.44. The number of aryl methyl sites for hydroxylation is 3. The van der Waals surface area contributed by atoms with Crippen molar-refractivity contribution in [3.63, 3.8) is 0 Å². The van der Waals surface area contributed by atoms with Crippen LogP contribution in [0, 0.1) is 13.8 Å². The minimum atomic E-state index is 0.749. The van der Waals surface area contributed by atoms with Crippen molar-refractivity contribution in [2.75, 3.05) is 11.9 Å². The molecule has 0 amide bonds. The zero-order valence-electron chi connectivity index (χ0n) is 11.6. The summed E-state index contributed by atoms with van der Waals surface area (Å²) in [6, 6.07) is 2.09. The monoisotopic (exact) mass is 271 g/mol. The minimum Gasteiger partial charge on any atom is -0.367 e. The Morgan fingerprint density at radius 3 is 3.00 bits per heavy atom. The third-order valence-corrected chi connectivity index (χ3v) is 3.16. The van der Waals surface area contributed by atoms with Gasteiger partial charge in [0.2, 0.25) is 5.65 Å². The molecule has 0 aliphatic heterocycles. The molecule has 0 aromatic carbocycles. The predicted molar refractivity (Wildman–Crippen MR) is 75.6 cm³/mol. The number of aromatic nitrogens is 6. The summed E-state index contributed by atoms with van der Waals surface area (Å²) in [5.41, 5.74) is 3.00. The van der Waals surface area contributed by atoms with E-state index in [2.05, 4.69) is 38.6 Å². The van der Waals surface area contributed by atoms with Crippen molar-refractivity contribution < 1.29 is 0 Å². The third-order valence-electron chi connectivity index (χ3n) is 3.16. The molecule has 1 N–H and O–H groups in total. The summed E-state index contributed by atoms with van der Waals surface area (Å²) in [6.07, 6.45) is 6.20. The second-order valence-corrected chi connectivity index (χ2v) is 4.77. The second kappa shape index (κ2) is 5.28. The van der Waals surface area contributed by atoms with Gasteiger partial charge in [-0.1, -0.05) is 0 Å². The molecule has 0 aliphatic rings. The number of rotatable bonds is 5. The van der Waals surface area contributed by atoms with Gasteiger partial charge in [0.05, 0.1) is 5.69 Å². The fourth-order valence-corrected chi connectivity index (χ4v) is 2.22. The molecule has 7 nitrogen and oxygen atoms in total. The second-order valence-electron chi connectivity index (χ2n) is 4.77. The van der Waals surface area contributed by atoms with Crippen molar-refractivity contribution in [3.05, 3.63) is 36.2 Å². The minimum absolute atomic E-state index is 0.749. The van der Waals surface area contributed by atoms with Crippen LogP contribution >= 0.6 is 0 Å². The number of nitrogens with one attached hydrogen (secondary N) is 1. The summed E-state index contributed by atoms with van der Waals surface area (Å²) >= 11 is 0. The molecule has 0 unspecified atom stereocenters. The number of hydrogen-bond acceptors (Lipinski definition) is 5. The zero-order valence-corrected chi connectivity index (χ0v) is 11.6. The van der Waals surface area contributed by atoms with Crippen LogP contribution in [0.15, 0.2) is 24.8 Å². The lowest BCUT2D eigenvalue weighted by molar-refractivity contribution is 0.573. The summed E-state index contributed by atoms with van der Waals surface area (Å²) in [7, 11) is 0. The molecule has 3 heterocycles. The van der Waals surface area contributed by atoms with Crippen LogP contribution in [0.25, 0.3) is 5.65 Å². The fourth-order valence-electron chi connectivity index (χ4n) is 2.22. The van der Waals surface area contributed by atoms with E-state index in [1.807, 2.05) is 22.2 Å². The number of hydrogen-bond donors (Lipinski definition) is 1. The largest absolute Gasteiger partial charge is 0.367 e. The maximum Gasteiger partial charge on any atom is 0.203 e. The van der Waals surface area contributed by atoms with Gasteiger partial charge >= 0.3 is 0 Å². The van der Waals surface area contributed by atoms with Crippen molar-refractivity contribution in [2.45, 2.75) is 26.8 Å². The summed E-state index contributed by atoms with van der Waals surface area (Å²) < 4.78 is 3.87. The highest BCUT2D eigenvalue weighted by Gasteiger charge is 2.04. The Labute approximate surface area is 116 Å². The van der Waals surface area contributed by atoms with Gasteiger partial charge in [-0.25, -0.2) is 4.98 Å². The van der Waals surface area contributed by atoms with Gasteiger partial charge in [0.25, 0.3) is 0 Å². The SMILES string of the molecule is Cc1cc(C)n(CCCNc2nccn3cnnc23)n1. The first-order chi connectivity index (χ1) is 9.74. The third kappa shape index (κ3) is 2.47. The molecule has 20 heavy (non-hydrogen) atoms. The van der Waals surface area contributed by atoms with Crippen LogP contribution < -0.4 is 5.32 Å². The van der Waals surface area contributed by atoms with E-state index < -0.39 is 0 Å². The van der Waals surface area contributed by atoms with Crippen molar-refractivity contribution in [1.29, 1.82) is 0 Å². The molecule has 0 fully saturated rings. The molecule has 7 heteroatoms. The molecule has 0 spiro atoms. The van der Waals surface area contributed by atoms with Gasteiger partial charge in [0.1, 0.15) is 6.33 Å². The average molecular weight is 271 g/mol. The highest BCUT2D eigenvalue weighted by Crippen LogP contribution is 2.09. The zero-order chi connectivity index (χ0) is 13.9. The first kappa shape index (κ1) is 12.6. The van der Waals surface area contributed by atoms with Crippen LogP contribution in [0.2, 0.25) is 0 Å². The van der Waals surface area contributed by atoms with Crippen molar-refractivity contribution >= 4 is 11.5 Å². The quantitative estimate of drug-likeness (QED) is 0.711. The molecule has 3 aromatic rings. The van der Waals surface area contributed by atoms with Gasteiger partial charge in [-0.15, -0.1) is 10.2 Å². The Balaban J connectivity index is 1.58. The van der Waals surface area contributed by atoms with Gasteiger partial charge in [-0.3, -0.25) is 9.08 Å². The Hall–Kier alpha value is -2.44. The molecular weight excluding hydrogens is 254 g/mol. The van der Waals surface area contributed by atoms with Crippen LogP contribution in [0.5, 0.6) is 0 Å². The molecule has 0 saturated carbocycles. The van der Waals surface area contributed by atoms with Crippen molar-refractivity contribution in [1.82, 2.24) is 29.4 Å². The van der Waals surface area contributed by atoms with Gasteiger partial charge in [0, 0.05) is 31.2 Å². The summed E-state index contributed by atoms with van der Waals surface area (Å²) in [5, 5.41) is 15.7. The number of fused-ring (bicyclic) bond motifs is 1. The van der Waals surface area contributed by atoms with Crippen LogP contribution in [0.1, 0.15) is 17.8 Å². The molecule has 0 atom stereocenters. The van der Waals surface area contributed by atoms with Crippen molar-refractivity contribution in [3.8, 4) is 0 Å². The summed E-state index contributed by atoms with van der Waals surface area (Å²) in [5.74, 6) is 0.762. The first-order valence-corrected chi connectivity index (χ1v) is 6.63. The molecule has 3 aromatic heterocycles. The molecular formula is C13H17N7. The predicted octanol–water partition coefficient (Wildman–Crippen LogP) is 1.44. The molecule has 0 saturated heterocycles. The standard InChI is InChI=1S/C13H17N7/c1-10-8-11(2)20(18-10)6-3-4-14-12-13-17-16-9-19(13)7-5-15-12/h5,7-9H,3-4,6H2,1-2H3,(H,14,15). The van der Waals surface area contributed by atoms with Crippen molar-refractivity contribution in [2.24, 2.45) is 0 Å². The van der Waals surface area contributed by atoms with E-state index in [0.29, 0.717) is 0 Å². The first-order valence-electron chi connectivity index (χ1n) is 6.63. The van der Waals surface area contributed by atoms with E-state index >= 15 is 0 Å². The Morgan fingerprint density at radius 1 is 1.30 bits per heavy atom. The van der Waals surface area contributed by atoms with Gasteiger partial charge in [-0.2, -0.15) is 5.10 Å². The van der Waals surface area contributed by atoms with Crippen LogP contribution in [0.3, 0.4) is 0 Å². The smallest absolute Gasteiger partial charge is 0.203 e. The van der Waals surface area contributed by atoms with E-state index in [-0.39, 0.29) is 0 Å². The van der Waals surface area contributed by atoms with Gasteiger partial charge in [-0.05, 0) is 26.3 Å². The molecule has 0 bridgehead atoms. The maximum atomic E-state index is 4.44. The Morgan fingerprint density at radius 2 is 2.20 bits per heavy atom. The summed E-state index contributed by atoms with van der Waals surface area (Å²) in [4.78, 5) is 4.29. The van der Waals surface area contributed by atoms with E-state index in [1.54, 1.807) is 12.5 Å². The Kier molecular flexibility index (Phi) is 3.32. The van der Waals surface area contributed by atoms with Crippen LogP contribution in [0.4, 0.5) is 5.82 Å². The molecule has 0 radical (unpaired) electrons. The number of nitrogens with zero attached hydrogens (tertiary/aromatic N) is 6. The van der Waals surface area contributed by atoms with E-state index in [9.17, 15) is 0 Å². The lowest BCUT2D eigenvalue weighted by atomic mass is 10.4. The average Bonchev–Trinajstić information content (AvgIpc) is 3.01. The lowest BCUT2D eigenvalue weighted by Gasteiger charge is -2.07. The van der Waals surface area contributed by atoms with E-state index in [0.717, 1.165) is 36.7 Å². The van der Waals surface area contributed by atoms with Crippen LogP contribution in [-0.4, -0.2) is 35.9 Å². The van der Waals surface area contributed by atoms with Gasteiger partial charge in [0.15, 0.2) is 5.82 Å². The van der Waals surface area contributed by atoms with E-state index in [4.69, 9.17) is 0 Å². The Bertz CT molecular complexity index is 712.